The molecule has 3 nitrogen and oxygen atoms in total. The smallest absolute Gasteiger partial charge is 0.336 e. The number of carboxylic acid groups (broad SMARTS) is 1. The van der Waals surface area contributed by atoms with Crippen LogP contribution in [0.4, 0.5) is 0 Å². The standard InChI is InChI=1S/C12H16O3S/c1-7(2)10(13)12(3,4)9-5-8(6-16-9)11(14)15/h5-7H,1-4H3,(H,14,15). The Kier molecular flexibility index (Phi) is 3.53. The first-order chi connectivity index (χ1) is 7.26. The average Bonchev–Trinajstić information content (AvgIpc) is 2.65. The Balaban J connectivity index is 3.07. The Bertz CT molecular complexity index is 416. The zero-order valence-corrected chi connectivity index (χ0v) is 10.7. The summed E-state index contributed by atoms with van der Waals surface area (Å²) in [6.45, 7) is 7.39. The van der Waals surface area contributed by atoms with Gasteiger partial charge in [0.25, 0.3) is 0 Å². The van der Waals surface area contributed by atoms with E-state index in [0.29, 0.717) is 0 Å². The molecular weight excluding hydrogens is 224 g/mol. The van der Waals surface area contributed by atoms with Crippen LogP contribution in [0.2, 0.25) is 0 Å². The van der Waals surface area contributed by atoms with E-state index in [1.165, 1.54) is 11.3 Å². The fraction of sp³-hybridized carbons (Fsp3) is 0.500. The second-order valence-corrected chi connectivity index (χ2v) is 5.56. The van der Waals surface area contributed by atoms with Crippen molar-refractivity contribution in [1.29, 1.82) is 0 Å². The van der Waals surface area contributed by atoms with Crippen LogP contribution in [0.15, 0.2) is 11.4 Å². The number of hydrogen-bond acceptors (Lipinski definition) is 3. The van der Waals surface area contributed by atoms with Crippen molar-refractivity contribution in [2.75, 3.05) is 0 Å². The van der Waals surface area contributed by atoms with Crippen LogP contribution >= 0.6 is 11.3 Å². The molecule has 16 heavy (non-hydrogen) atoms. The highest BCUT2D eigenvalue weighted by Gasteiger charge is 2.33. The van der Waals surface area contributed by atoms with Crippen LogP contribution in [0, 0.1) is 5.92 Å². The molecule has 0 atom stereocenters. The second-order valence-electron chi connectivity index (χ2n) is 4.65. The SMILES string of the molecule is CC(C)C(=O)C(C)(C)c1cc(C(=O)O)cs1. The molecule has 0 amide bonds. The van der Waals surface area contributed by atoms with E-state index in [4.69, 9.17) is 5.11 Å². The lowest BCUT2D eigenvalue weighted by molar-refractivity contribution is -0.126. The van der Waals surface area contributed by atoms with E-state index in [-0.39, 0.29) is 17.3 Å². The Morgan fingerprint density at radius 2 is 1.94 bits per heavy atom. The molecule has 0 bridgehead atoms. The summed E-state index contributed by atoms with van der Waals surface area (Å²) in [6, 6.07) is 1.59. The number of carboxylic acids is 1. The molecule has 0 unspecified atom stereocenters. The Hall–Kier alpha value is -1.16. The van der Waals surface area contributed by atoms with Crippen molar-refractivity contribution < 1.29 is 14.7 Å². The fourth-order valence-corrected chi connectivity index (χ4v) is 2.63. The predicted octanol–water partition coefficient (Wildman–Crippen LogP) is 2.95. The van der Waals surface area contributed by atoms with Crippen LogP contribution in [0.25, 0.3) is 0 Å². The molecule has 1 N–H and O–H groups in total. The third kappa shape index (κ3) is 2.32. The molecule has 88 valence electrons. The van der Waals surface area contributed by atoms with E-state index >= 15 is 0 Å². The number of Topliss-reactive ketones (excluding diaryl/α,β-unsaturated/α-hetero) is 1. The van der Waals surface area contributed by atoms with E-state index in [1.807, 2.05) is 27.7 Å². The van der Waals surface area contributed by atoms with Crippen molar-refractivity contribution in [2.24, 2.45) is 5.92 Å². The number of carbonyl (C=O) groups excluding carboxylic acids is 1. The second kappa shape index (κ2) is 4.37. The number of ketones is 1. The van der Waals surface area contributed by atoms with Crippen molar-refractivity contribution in [3.63, 3.8) is 0 Å². The zero-order valence-electron chi connectivity index (χ0n) is 9.90. The first-order valence-corrected chi connectivity index (χ1v) is 6.01. The lowest BCUT2D eigenvalue weighted by atomic mass is 9.81. The summed E-state index contributed by atoms with van der Waals surface area (Å²) in [4.78, 5) is 23.6. The molecule has 1 rings (SSSR count). The van der Waals surface area contributed by atoms with Crippen LogP contribution in [0.1, 0.15) is 42.9 Å². The van der Waals surface area contributed by atoms with Crippen molar-refractivity contribution >= 4 is 23.1 Å². The Morgan fingerprint density at radius 1 is 1.38 bits per heavy atom. The molecule has 0 fully saturated rings. The lowest BCUT2D eigenvalue weighted by Crippen LogP contribution is -2.31. The quantitative estimate of drug-likeness (QED) is 0.880. The first-order valence-electron chi connectivity index (χ1n) is 5.13. The van der Waals surface area contributed by atoms with Crippen molar-refractivity contribution in [2.45, 2.75) is 33.1 Å². The van der Waals surface area contributed by atoms with Crippen molar-refractivity contribution in [1.82, 2.24) is 0 Å². The molecule has 1 aromatic heterocycles. The summed E-state index contributed by atoms with van der Waals surface area (Å²) in [7, 11) is 0. The van der Waals surface area contributed by atoms with Gasteiger partial charge >= 0.3 is 5.97 Å². The molecule has 0 aliphatic heterocycles. The predicted molar refractivity (Wildman–Crippen MR) is 64.1 cm³/mol. The largest absolute Gasteiger partial charge is 0.478 e. The third-order valence-corrected chi connectivity index (χ3v) is 3.86. The van der Waals surface area contributed by atoms with E-state index < -0.39 is 11.4 Å². The van der Waals surface area contributed by atoms with Crippen LogP contribution in [-0.4, -0.2) is 16.9 Å². The summed E-state index contributed by atoms with van der Waals surface area (Å²) >= 11 is 1.33. The van der Waals surface area contributed by atoms with Gasteiger partial charge in [0.15, 0.2) is 0 Å². The number of thiophene rings is 1. The van der Waals surface area contributed by atoms with E-state index in [9.17, 15) is 9.59 Å². The minimum Gasteiger partial charge on any atom is -0.478 e. The zero-order chi connectivity index (χ0) is 12.5. The van der Waals surface area contributed by atoms with Crippen LogP contribution in [-0.2, 0) is 10.2 Å². The summed E-state index contributed by atoms with van der Waals surface area (Å²) in [5, 5.41) is 10.4. The van der Waals surface area contributed by atoms with Crippen LogP contribution < -0.4 is 0 Å². The highest BCUT2D eigenvalue weighted by Crippen LogP contribution is 2.32. The molecular formula is C12H16O3S. The molecule has 1 aromatic rings. The molecule has 0 aliphatic rings. The van der Waals surface area contributed by atoms with Gasteiger partial charge in [-0.15, -0.1) is 11.3 Å². The number of hydrogen-bond donors (Lipinski definition) is 1. The van der Waals surface area contributed by atoms with Gasteiger partial charge in [-0.2, -0.15) is 0 Å². The lowest BCUT2D eigenvalue weighted by Gasteiger charge is -2.23. The van der Waals surface area contributed by atoms with Crippen LogP contribution in [0.5, 0.6) is 0 Å². The molecule has 0 saturated carbocycles. The minimum absolute atomic E-state index is 0.0506. The Labute approximate surface area is 99.1 Å². The monoisotopic (exact) mass is 240 g/mol. The summed E-state index contributed by atoms with van der Waals surface area (Å²) in [6.07, 6.45) is 0. The third-order valence-electron chi connectivity index (χ3n) is 2.60. The molecule has 1 heterocycles. The molecule has 0 spiro atoms. The van der Waals surface area contributed by atoms with Gasteiger partial charge in [0.1, 0.15) is 5.78 Å². The van der Waals surface area contributed by atoms with Crippen molar-refractivity contribution in [3.05, 3.63) is 21.9 Å². The van der Waals surface area contributed by atoms with Gasteiger partial charge in [-0.25, -0.2) is 4.79 Å². The van der Waals surface area contributed by atoms with Gasteiger partial charge in [0.2, 0.25) is 0 Å². The van der Waals surface area contributed by atoms with Gasteiger partial charge in [-0.3, -0.25) is 4.79 Å². The van der Waals surface area contributed by atoms with E-state index in [1.54, 1.807) is 11.4 Å². The number of carbonyl (C=O) groups is 2. The minimum atomic E-state index is -0.949. The van der Waals surface area contributed by atoms with Crippen molar-refractivity contribution in [3.8, 4) is 0 Å². The summed E-state index contributed by atoms with van der Waals surface area (Å²) in [5.41, 5.74) is -0.350. The molecule has 0 aliphatic carbocycles. The molecule has 0 radical (unpaired) electrons. The average molecular weight is 240 g/mol. The summed E-state index contributed by atoms with van der Waals surface area (Å²) in [5.74, 6) is -0.869. The molecule has 0 aromatic carbocycles. The van der Waals surface area contributed by atoms with Gasteiger partial charge in [-0.05, 0) is 19.9 Å². The fourth-order valence-electron chi connectivity index (χ4n) is 1.62. The topological polar surface area (TPSA) is 54.4 Å². The van der Waals surface area contributed by atoms with E-state index in [2.05, 4.69) is 0 Å². The van der Waals surface area contributed by atoms with Gasteiger partial charge in [0.05, 0.1) is 11.0 Å². The number of rotatable bonds is 4. The van der Waals surface area contributed by atoms with Gasteiger partial charge in [-0.1, -0.05) is 13.8 Å². The molecule has 0 saturated heterocycles. The highest BCUT2D eigenvalue weighted by atomic mass is 32.1. The Morgan fingerprint density at radius 3 is 2.31 bits per heavy atom. The summed E-state index contributed by atoms with van der Waals surface area (Å²) < 4.78 is 0. The normalized spacial score (nSPS) is 11.8. The number of aromatic carboxylic acids is 1. The maximum Gasteiger partial charge on any atom is 0.336 e. The molecule has 4 heteroatoms. The maximum atomic E-state index is 12.0. The van der Waals surface area contributed by atoms with E-state index in [0.717, 1.165) is 4.88 Å². The first kappa shape index (κ1) is 12.9. The van der Waals surface area contributed by atoms with Gasteiger partial charge < -0.3 is 5.11 Å². The van der Waals surface area contributed by atoms with Crippen LogP contribution in [0.3, 0.4) is 0 Å². The van der Waals surface area contributed by atoms with Gasteiger partial charge in [0, 0.05) is 16.2 Å². The highest BCUT2D eigenvalue weighted by molar-refractivity contribution is 7.10. The maximum absolute atomic E-state index is 12.0.